The number of rotatable bonds is 6. The van der Waals surface area contributed by atoms with Crippen molar-refractivity contribution in [2.45, 2.75) is 38.5 Å². The van der Waals surface area contributed by atoms with Gasteiger partial charge in [-0.15, -0.1) is 0 Å². The molecule has 0 unspecified atom stereocenters. The van der Waals surface area contributed by atoms with Crippen molar-refractivity contribution in [1.29, 1.82) is 0 Å². The van der Waals surface area contributed by atoms with E-state index in [2.05, 4.69) is 66.6 Å². The Labute approximate surface area is 239 Å². The number of piperazine rings is 1. The minimum Gasteiger partial charge on any atom is -0.368 e. The number of likely N-dealkylation sites (N-methyl/N-ethyl adjacent to an activating group) is 1. The Bertz CT molecular complexity index is 1690. The number of hydrogen-bond donors (Lipinski definition) is 3. The van der Waals surface area contributed by atoms with Crippen LogP contribution >= 0.6 is 0 Å². The smallest absolute Gasteiger partial charge is 0.224 e. The maximum Gasteiger partial charge on any atom is 0.224 e. The normalized spacial score (nSPS) is 17.0. The Hall–Kier alpha value is -4.24. The highest BCUT2D eigenvalue weighted by Crippen LogP contribution is 2.34. The number of pyridine rings is 2. The van der Waals surface area contributed by atoms with Crippen LogP contribution in [-0.2, 0) is 4.79 Å². The first-order valence-electron chi connectivity index (χ1n) is 14.8. The highest BCUT2D eigenvalue weighted by Gasteiger charge is 2.20. The average Bonchev–Trinajstić information content (AvgIpc) is 3.62. The Kier molecular flexibility index (Phi) is 6.88. The van der Waals surface area contributed by atoms with Crippen molar-refractivity contribution in [1.82, 2.24) is 30.0 Å². The fourth-order valence-corrected chi connectivity index (χ4v) is 6.35. The van der Waals surface area contributed by atoms with Crippen LogP contribution < -0.4 is 10.2 Å². The summed E-state index contributed by atoms with van der Waals surface area (Å²) in [6.07, 6.45) is 10.1. The minimum atomic E-state index is 0.0612. The molecule has 0 atom stereocenters. The molecule has 0 radical (unpaired) electrons. The molecule has 0 bridgehead atoms. The van der Waals surface area contributed by atoms with Gasteiger partial charge in [-0.1, -0.05) is 25.3 Å². The molecule has 5 heterocycles. The fraction of sp³-hybridized carbons (Fsp3) is 0.375. The molecule has 5 aromatic rings. The van der Waals surface area contributed by atoms with Gasteiger partial charge in [0.2, 0.25) is 5.91 Å². The van der Waals surface area contributed by atoms with E-state index in [1.807, 2.05) is 18.2 Å². The van der Waals surface area contributed by atoms with Gasteiger partial charge in [0.25, 0.3) is 0 Å². The Morgan fingerprint density at radius 2 is 1.85 bits per heavy atom. The van der Waals surface area contributed by atoms with E-state index in [1.165, 1.54) is 30.3 Å². The summed E-state index contributed by atoms with van der Waals surface area (Å²) in [7, 11) is 2.18. The van der Waals surface area contributed by atoms with Crippen LogP contribution in [0.25, 0.3) is 44.6 Å². The first-order valence-corrected chi connectivity index (χ1v) is 14.8. The maximum atomic E-state index is 12.7. The lowest BCUT2D eigenvalue weighted by Crippen LogP contribution is -2.44. The summed E-state index contributed by atoms with van der Waals surface area (Å²) >= 11 is 0. The van der Waals surface area contributed by atoms with Gasteiger partial charge in [-0.3, -0.25) is 14.9 Å². The van der Waals surface area contributed by atoms with Crippen molar-refractivity contribution in [3.63, 3.8) is 0 Å². The number of carbonyl (C=O) groups is 1. The molecule has 7 rings (SSSR count). The van der Waals surface area contributed by atoms with E-state index in [0.29, 0.717) is 18.0 Å². The number of amides is 1. The van der Waals surface area contributed by atoms with Crippen molar-refractivity contribution >= 4 is 39.2 Å². The van der Waals surface area contributed by atoms with Crippen LogP contribution in [0.4, 0.5) is 11.4 Å². The zero-order valence-electron chi connectivity index (χ0n) is 23.5. The average molecular weight is 549 g/mol. The van der Waals surface area contributed by atoms with Gasteiger partial charge in [0, 0.05) is 61.0 Å². The molecule has 210 valence electrons. The SMILES string of the molecule is CN1CCN(c2cccc3[nH]c(-c4n[nH]c5ccc(-c6cncc(NC(=O)CC7CCCCC7)c6)nc45)cc23)CC1. The van der Waals surface area contributed by atoms with Crippen LogP contribution in [0.5, 0.6) is 0 Å². The number of aromatic nitrogens is 5. The minimum absolute atomic E-state index is 0.0612. The number of hydrogen-bond acceptors (Lipinski definition) is 6. The van der Waals surface area contributed by atoms with E-state index >= 15 is 0 Å². The van der Waals surface area contributed by atoms with Crippen LogP contribution in [0, 0.1) is 5.92 Å². The third-order valence-corrected chi connectivity index (χ3v) is 8.66. The molecular weight excluding hydrogens is 512 g/mol. The summed E-state index contributed by atoms with van der Waals surface area (Å²) in [5.74, 6) is 0.553. The van der Waals surface area contributed by atoms with Gasteiger partial charge in [-0.25, -0.2) is 4.98 Å². The first kappa shape index (κ1) is 25.7. The van der Waals surface area contributed by atoms with Crippen LogP contribution in [0.15, 0.2) is 54.9 Å². The van der Waals surface area contributed by atoms with Gasteiger partial charge in [-0.2, -0.15) is 5.10 Å². The van der Waals surface area contributed by atoms with Gasteiger partial charge in [0.15, 0.2) is 0 Å². The third-order valence-electron chi connectivity index (χ3n) is 8.66. The second kappa shape index (κ2) is 11.0. The zero-order valence-corrected chi connectivity index (χ0v) is 23.5. The number of nitrogens with zero attached hydrogens (tertiary/aromatic N) is 5. The van der Waals surface area contributed by atoms with Crippen molar-refractivity contribution in [3.8, 4) is 22.6 Å². The van der Waals surface area contributed by atoms with E-state index in [4.69, 9.17) is 4.98 Å². The molecule has 2 fully saturated rings. The summed E-state index contributed by atoms with van der Waals surface area (Å²) in [5, 5.41) is 12.0. The zero-order chi connectivity index (χ0) is 27.8. The highest BCUT2D eigenvalue weighted by molar-refractivity contribution is 5.99. The molecule has 9 heteroatoms. The molecule has 2 aliphatic rings. The van der Waals surface area contributed by atoms with Gasteiger partial charge < -0.3 is 20.1 Å². The van der Waals surface area contributed by atoms with Crippen molar-refractivity contribution in [3.05, 3.63) is 54.9 Å². The second-order valence-electron chi connectivity index (χ2n) is 11.6. The summed E-state index contributed by atoms with van der Waals surface area (Å²) < 4.78 is 0. The molecule has 1 aromatic carbocycles. The highest BCUT2D eigenvalue weighted by atomic mass is 16.1. The molecular formula is C32H36N8O. The van der Waals surface area contributed by atoms with E-state index < -0.39 is 0 Å². The molecule has 0 spiro atoms. The predicted molar refractivity (Wildman–Crippen MR) is 164 cm³/mol. The van der Waals surface area contributed by atoms with Gasteiger partial charge in [-0.05, 0) is 62.2 Å². The molecule has 4 aromatic heterocycles. The molecule has 1 saturated heterocycles. The van der Waals surface area contributed by atoms with Crippen LogP contribution in [0.1, 0.15) is 38.5 Å². The van der Waals surface area contributed by atoms with Crippen LogP contribution in [0.3, 0.4) is 0 Å². The number of aromatic amines is 2. The summed E-state index contributed by atoms with van der Waals surface area (Å²) in [4.78, 5) is 30.5. The number of anilines is 2. The predicted octanol–water partition coefficient (Wildman–Crippen LogP) is 5.83. The van der Waals surface area contributed by atoms with Crippen LogP contribution in [0.2, 0.25) is 0 Å². The molecule has 3 N–H and O–H groups in total. The largest absolute Gasteiger partial charge is 0.368 e. The number of carbonyl (C=O) groups excluding carboxylic acids is 1. The Balaban J connectivity index is 1.16. The quantitative estimate of drug-likeness (QED) is 0.247. The van der Waals surface area contributed by atoms with Crippen molar-refractivity contribution in [2.24, 2.45) is 5.92 Å². The first-order chi connectivity index (χ1) is 20.1. The number of benzene rings is 1. The van der Waals surface area contributed by atoms with E-state index in [9.17, 15) is 4.79 Å². The summed E-state index contributed by atoms with van der Waals surface area (Å²) in [6, 6.07) is 14.5. The molecule has 9 nitrogen and oxygen atoms in total. The fourth-order valence-electron chi connectivity index (χ4n) is 6.35. The topological polar surface area (TPSA) is 106 Å². The summed E-state index contributed by atoms with van der Waals surface area (Å²) in [6.45, 7) is 4.15. The van der Waals surface area contributed by atoms with E-state index in [0.717, 1.165) is 78.2 Å². The third kappa shape index (κ3) is 5.29. The molecule has 1 aliphatic heterocycles. The maximum absolute atomic E-state index is 12.7. The standard InChI is InChI=1S/C32H36N8O/c1-39-12-14-40(15-13-39)29-9-5-8-26-24(29)18-28(35-26)32-31-27(37-38-32)11-10-25(36-31)22-17-23(20-33-19-22)34-30(41)16-21-6-3-2-4-7-21/h5,8-11,17-21,35H,2-4,6-7,12-16H2,1H3,(H,34,41)(H,37,38). The molecule has 41 heavy (non-hydrogen) atoms. The van der Waals surface area contributed by atoms with Gasteiger partial charge in [0.1, 0.15) is 11.2 Å². The molecule has 1 saturated carbocycles. The van der Waals surface area contributed by atoms with Gasteiger partial charge >= 0.3 is 0 Å². The monoisotopic (exact) mass is 548 g/mol. The molecule has 1 aliphatic carbocycles. The second-order valence-corrected chi connectivity index (χ2v) is 11.6. The van der Waals surface area contributed by atoms with E-state index in [-0.39, 0.29) is 5.91 Å². The Morgan fingerprint density at radius 3 is 2.71 bits per heavy atom. The van der Waals surface area contributed by atoms with Crippen LogP contribution in [-0.4, -0.2) is 69.2 Å². The van der Waals surface area contributed by atoms with Crippen molar-refractivity contribution in [2.75, 3.05) is 43.4 Å². The number of fused-ring (bicyclic) bond motifs is 2. The molecule has 1 amide bonds. The Morgan fingerprint density at radius 1 is 1.00 bits per heavy atom. The van der Waals surface area contributed by atoms with Gasteiger partial charge in [0.05, 0.1) is 28.8 Å². The summed E-state index contributed by atoms with van der Waals surface area (Å²) in [5.41, 5.74) is 8.04. The number of nitrogens with one attached hydrogen (secondary N) is 3. The number of H-pyrrole nitrogens is 2. The lowest BCUT2D eigenvalue weighted by atomic mass is 9.87. The lowest BCUT2D eigenvalue weighted by molar-refractivity contribution is -0.117. The lowest BCUT2D eigenvalue weighted by Gasteiger charge is -2.34. The van der Waals surface area contributed by atoms with E-state index in [1.54, 1.807) is 12.4 Å². The van der Waals surface area contributed by atoms with Crippen molar-refractivity contribution < 1.29 is 4.79 Å².